The van der Waals surface area contributed by atoms with E-state index in [-0.39, 0.29) is 17.9 Å². The molecule has 1 amide bonds. The maximum atomic E-state index is 12.3. The first-order chi connectivity index (χ1) is 9.02. The minimum absolute atomic E-state index is 0.0382. The van der Waals surface area contributed by atoms with Crippen LogP contribution in [0.2, 0.25) is 0 Å². The zero-order valence-electron chi connectivity index (χ0n) is 11.2. The average molecular weight is 261 g/mol. The Labute approximate surface area is 113 Å². The molecule has 102 valence electrons. The number of carbonyl (C=O) groups is 2. The smallest absolute Gasteiger partial charge is 0.307 e. The van der Waals surface area contributed by atoms with Crippen LogP contribution in [0.3, 0.4) is 0 Å². The summed E-state index contributed by atoms with van der Waals surface area (Å²) in [5.74, 6) is -1.77. The van der Waals surface area contributed by atoms with Crippen molar-refractivity contribution in [3.8, 4) is 0 Å². The summed E-state index contributed by atoms with van der Waals surface area (Å²) < 4.78 is 0. The molecule has 1 fully saturated rings. The second-order valence-corrected chi connectivity index (χ2v) is 5.16. The molecule has 0 aliphatic heterocycles. The van der Waals surface area contributed by atoms with Gasteiger partial charge in [-0.15, -0.1) is 0 Å². The Balaban J connectivity index is 2.05. The molecule has 3 atom stereocenters. The van der Waals surface area contributed by atoms with Crippen molar-refractivity contribution in [3.05, 3.63) is 35.9 Å². The highest BCUT2D eigenvalue weighted by Crippen LogP contribution is 2.37. The highest BCUT2D eigenvalue weighted by Gasteiger charge is 2.43. The van der Waals surface area contributed by atoms with Crippen LogP contribution in [0.25, 0.3) is 0 Å². The molecule has 0 heterocycles. The van der Waals surface area contributed by atoms with Gasteiger partial charge in [-0.1, -0.05) is 30.3 Å². The van der Waals surface area contributed by atoms with Gasteiger partial charge in [0.2, 0.25) is 5.91 Å². The summed E-state index contributed by atoms with van der Waals surface area (Å²) in [5.41, 5.74) is 1.06. The number of rotatable bonds is 4. The maximum Gasteiger partial charge on any atom is 0.307 e. The van der Waals surface area contributed by atoms with Crippen LogP contribution in [0.5, 0.6) is 0 Å². The van der Waals surface area contributed by atoms with E-state index in [1.807, 2.05) is 37.3 Å². The average Bonchev–Trinajstić information content (AvgIpc) is 2.36. The molecule has 0 radical (unpaired) electrons. The van der Waals surface area contributed by atoms with E-state index in [1.165, 1.54) is 0 Å². The molecule has 1 aromatic rings. The van der Waals surface area contributed by atoms with E-state index >= 15 is 0 Å². The molecule has 0 bridgehead atoms. The van der Waals surface area contributed by atoms with Gasteiger partial charge in [-0.25, -0.2) is 0 Å². The van der Waals surface area contributed by atoms with Gasteiger partial charge in [-0.05, 0) is 25.3 Å². The van der Waals surface area contributed by atoms with Crippen molar-refractivity contribution in [2.24, 2.45) is 11.8 Å². The zero-order valence-corrected chi connectivity index (χ0v) is 11.2. The molecule has 1 saturated carbocycles. The fraction of sp³-hybridized carbons (Fsp3) is 0.467. The van der Waals surface area contributed by atoms with Gasteiger partial charge >= 0.3 is 5.97 Å². The van der Waals surface area contributed by atoms with Crippen molar-refractivity contribution >= 4 is 11.9 Å². The van der Waals surface area contributed by atoms with Crippen molar-refractivity contribution in [2.45, 2.75) is 25.8 Å². The van der Waals surface area contributed by atoms with Crippen LogP contribution in [-0.4, -0.2) is 28.9 Å². The predicted octanol–water partition coefficient (Wildman–Crippen LogP) is 2.32. The summed E-state index contributed by atoms with van der Waals surface area (Å²) in [6.45, 7) is 1.96. The van der Waals surface area contributed by atoms with Crippen molar-refractivity contribution in [1.82, 2.24) is 4.90 Å². The van der Waals surface area contributed by atoms with Crippen molar-refractivity contribution in [3.63, 3.8) is 0 Å². The number of aliphatic carboxylic acids is 1. The highest BCUT2D eigenvalue weighted by atomic mass is 16.4. The molecule has 3 unspecified atom stereocenters. The third-order valence-electron chi connectivity index (χ3n) is 4.12. The van der Waals surface area contributed by atoms with E-state index in [0.29, 0.717) is 12.8 Å². The lowest BCUT2D eigenvalue weighted by Crippen LogP contribution is -2.45. The van der Waals surface area contributed by atoms with Gasteiger partial charge in [-0.3, -0.25) is 9.59 Å². The number of carbonyl (C=O) groups excluding carboxylic acids is 1. The topological polar surface area (TPSA) is 57.6 Å². The second kappa shape index (κ2) is 5.43. The number of nitrogens with zero attached hydrogens (tertiary/aromatic N) is 1. The lowest BCUT2D eigenvalue weighted by Gasteiger charge is -2.37. The van der Waals surface area contributed by atoms with E-state index in [2.05, 4.69) is 0 Å². The molecular formula is C15H19NO3. The molecule has 19 heavy (non-hydrogen) atoms. The van der Waals surface area contributed by atoms with Crippen LogP contribution in [0, 0.1) is 11.8 Å². The Morgan fingerprint density at radius 1 is 1.21 bits per heavy atom. The van der Waals surface area contributed by atoms with Gasteiger partial charge in [0.1, 0.15) is 0 Å². The monoisotopic (exact) mass is 261 g/mol. The molecular weight excluding hydrogens is 242 g/mol. The summed E-state index contributed by atoms with van der Waals surface area (Å²) in [6, 6.07) is 9.73. The molecule has 0 spiro atoms. The minimum Gasteiger partial charge on any atom is -0.481 e. The van der Waals surface area contributed by atoms with Crippen LogP contribution in [0.15, 0.2) is 30.3 Å². The van der Waals surface area contributed by atoms with E-state index in [1.54, 1.807) is 11.9 Å². The van der Waals surface area contributed by atoms with Gasteiger partial charge in [0.15, 0.2) is 0 Å². The first-order valence-electron chi connectivity index (χ1n) is 6.56. The zero-order chi connectivity index (χ0) is 14.0. The summed E-state index contributed by atoms with van der Waals surface area (Å²) >= 11 is 0. The lowest BCUT2D eigenvalue weighted by molar-refractivity contribution is -0.156. The molecule has 0 saturated heterocycles. The van der Waals surface area contributed by atoms with Crippen molar-refractivity contribution < 1.29 is 14.7 Å². The van der Waals surface area contributed by atoms with Crippen LogP contribution in [0.4, 0.5) is 0 Å². The van der Waals surface area contributed by atoms with Crippen LogP contribution < -0.4 is 0 Å². The fourth-order valence-electron chi connectivity index (χ4n) is 2.50. The molecule has 1 aromatic carbocycles. The molecule has 1 aliphatic carbocycles. The Kier molecular flexibility index (Phi) is 3.88. The van der Waals surface area contributed by atoms with E-state index in [0.717, 1.165) is 5.56 Å². The SMILES string of the molecule is CC(c1ccccc1)N(C)C(=O)C1CCC1C(=O)O. The normalized spacial score (nSPS) is 23.3. The fourth-order valence-corrected chi connectivity index (χ4v) is 2.50. The van der Waals surface area contributed by atoms with Gasteiger partial charge in [0.25, 0.3) is 0 Å². The van der Waals surface area contributed by atoms with E-state index < -0.39 is 11.9 Å². The van der Waals surface area contributed by atoms with Crippen LogP contribution >= 0.6 is 0 Å². The minimum atomic E-state index is -0.856. The number of carboxylic acids is 1. The molecule has 4 nitrogen and oxygen atoms in total. The summed E-state index contributed by atoms with van der Waals surface area (Å²) in [6.07, 6.45) is 1.29. The van der Waals surface area contributed by atoms with Gasteiger partial charge in [-0.2, -0.15) is 0 Å². The van der Waals surface area contributed by atoms with Gasteiger partial charge in [0, 0.05) is 7.05 Å². The largest absolute Gasteiger partial charge is 0.481 e. The van der Waals surface area contributed by atoms with Crippen molar-refractivity contribution in [1.29, 1.82) is 0 Å². The first-order valence-corrected chi connectivity index (χ1v) is 6.56. The van der Waals surface area contributed by atoms with Gasteiger partial charge in [0.05, 0.1) is 17.9 Å². The van der Waals surface area contributed by atoms with E-state index in [9.17, 15) is 9.59 Å². The predicted molar refractivity (Wildman–Crippen MR) is 71.5 cm³/mol. The third kappa shape index (κ3) is 2.62. The Hall–Kier alpha value is -1.84. The third-order valence-corrected chi connectivity index (χ3v) is 4.12. The quantitative estimate of drug-likeness (QED) is 0.905. The standard InChI is InChI=1S/C15H19NO3/c1-10(11-6-4-3-5-7-11)16(2)14(17)12-8-9-13(12)15(18)19/h3-7,10,12-13H,8-9H2,1-2H3,(H,18,19). The number of hydrogen-bond donors (Lipinski definition) is 1. The second-order valence-electron chi connectivity index (χ2n) is 5.16. The molecule has 1 N–H and O–H groups in total. The van der Waals surface area contributed by atoms with E-state index in [4.69, 9.17) is 5.11 Å². The molecule has 2 rings (SSSR count). The molecule has 0 aromatic heterocycles. The molecule has 4 heteroatoms. The van der Waals surface area contributed by atoms with Crippen LogP contribution in [-0.2, 0) is 9.59 Å². The first kappa shape index (κ1) is 13.6. The Morgan fingerprint density at radius 3 is 2.26 bits per heavy atom. The maximum absolute atomic E-state index is 12.3. The Bertz CT molecular complexity index is 472. The lowest BCUT2D eigenvalue weighted by atomic mass is 9.72. The number of benzene rings is 1. The molecule has 1 aliphatic rings. The summed E-state index contributed by atoms with van der Waals surface area (Å²) in [4.78, 5) is 25.0. The Morgan fingerprint density at radius 2 is 1.79 bits per heavy atom. The van der Waals surface area contributed by atoms with Crippen molar-refractivity contribution in [2.75, 3.05) is 7.05 Å². The highest BCUT2D eigenvalue weighted by molar-refractivity contribution is 5.86. The summed E-state index contributed by atoms with van der Waals surface area (Å²) in [7, 11) is 1.75. The number of hydrogen-bond acceptors (Lipinski definition) is 2. The number of carboxylic acid groups (broad SMARTS) is 1. The van der Waals surface area contributed by atoms with Gasteiger partial charge < -0.3 is 10.0 Å². The summed E-state index contributed by atoms with van der Waals surface area (Å²) in [5, 5.41) is 9.02. The number of amides is 1. The van der Waals surface area contributed by atoms with Crippen LogP contribution in [0.1, 0.15) is 31.4 Å².